The summed E-state index contributed by atoms with van der Waals surface area (Å²) < 4.78 is 7.78. The van der Waals surface area contributed by atoms with Gasteiger partial charge in [-0.25, -0.2) is 4.99 Å². The molecule has 0 radical (unpaired) electrons. The zero-order chi connectivity index (χ0) is 20.4. The van der Waals surface area contributed by atoms with Gasteiger partial charge in [-0.15, -0.1) is 11.3 Å². The topological polar surface area (TPSA) is 55.6 Å². The number of ether oxygens (including phenoxy) is 1. The molecule has 2 heterocycles. The molecule has 0 fully saturated rings. The van der Waals surface area contributed by atoms with Crippen LogP contribution in [0.3, 0.4) is 0 Å². The molecule has 1 aliphatic heterocycles. The van der Waals surface area contributed by atoms with Crippen molar-refractivity contribution in [1.29, 1.82) is 0 Å². The smallest absolute Gasteiger partial charge is 0.262 e. The Kier molecular flexibility index (Phi) is 5.53. The molecule has 1 amide bonds. The highest BCUT2D eigenvalue weighted by molar-refractivity contribution is 7.07. The molecule has 0 saturated carbocycles. The Balaban J connectivity index is 1.81. The molecular weight excluding hydrogens is 382 g/mol. The van der Waals surface area contributed by atoms with E-state index < -0.39 is 0 Å². The van der Waals surface area contributed by atoms with Gasteiger partial charge in [-0.2, -0.15) is 0 Å². The second-order valence-corrected chi connectivity index (χ2v) is 8.19. The van der Waals surface area contributed by atoms with E-state index in [1.54, 1.807) is 11.3 Å². The maximum absolute atomic E-state index is 11.7. The zero-order valence-electron chi connectivity index (χ0n) is 17.0. The molecule has 1 N–H and O–H groups in total. The first-order valence-corrected chi connectivity index (χ1v) is 10.8. The van der Waals surface area contributed by atoms with E-state index in [1.807, 2.05) is 18.2 Å². The molecule has 2 aromatic carbocycles. The van der Waals surface area contributed by atoms with E-state index in [-0.39, 0.29) is 12.5 Å². The minimum Gasteiger partial charge on any atom is -0.482 e. The molecule has 0 atom stereocenters. The van der Waals surface area contributed by atoms with Crippen LogP contribution in [0.4, 0.5) is 11.4 Å². The highest BCUT2D eigenvalue weighted by atomic mass is 32.1. The summed E-state index contributed by atoms with van der Waals surface area (Å²) in [5, 5.41) is 5.05. The van der Waals surface area contributed by atoms with Gasteiger partial charge in [0, 0.05) is 17.5 Å². The zero-order valence-corrected chi connectivity index (χ0v) is 17.8. The van der Waals surface area contributed by atoms with Crippen molar-refractivity contribution in [2.75, 3.05) is 11.9 Å². The molecule has 5 nitrogen and oxygen atoms in total. The number of benzene rings is 2. The summed E-state index contributed by atoms with van der Waals surface area (Å²) in [6.45, 7) is 7.35. The number of carbonyl (C=O) groups is 1. The van der Waals surface area contributed by atoms with E-state index >= 15 is 0 Å². The summed E-state index contributed by atoms with van der Waals surface area (Å²) in [5.41, 5.74) is 6.26. The first-order valence-electron chi connectivity index (χ1n) is 9.92. The molecule has 6 heteroatoms. The number of thiazole rings is 1. The van der Waals surface area contributed by atoms with Crippen molar-refractivity contribution in [2.24, 2.45) is 4.99 Å². The Morgan fingerprint density at radius 2 is 2.07 bits per heavy atom. The van der Waals surface area contributed by atoms with E-state index in [0.717, 1.165) is 46.8 Å². The quantitative estimate of drug-likeness (QED) is 0.632. The lowest BCUT2D eigenvalue weighted by atomic mass is 10.1. The molecule has 3 aromatic rings. The largest absolute Gasteiger partial charge is 0.482 e. The third kappa shape index (κ3) is 4.12. The number of hydrogen-bond acceptors (Lipinski definition) is 4. The Morgan fingerprint density at radius 1 is 1.21 bits per heavy atom. The van der Waals surface area contributed by atoms with Gasteiger partial charge < -0.3 is 14.6 Å². The molecule has 0 bridgehead atoms. The molecule has 29 heavy (non-hydrogen) atoms. The van der Waals surface area contributed by atoms with Gasteiger partial charge in [0.05, 0.1) is 17.1 Å². The second kappa shape index (κ2) is 8.25. The Hall–Kier alpha value is -2.86. The van der Waals surface area contributed by atoms with Gasteiger partial charge in [0.15, 0.2) is 11.4 Å². The molecule has 150 valence electrons. The van der Waals surface area contributed by atoms with Gasteiger partial charge in [-0.05, 0) is 55.7 Å². The minimum atomic E-state index is -0.121. The lowest BCUT2D eigenvalue weighted by molar-refractivity contribution is -0.118. The number of rotatable bonds is 5. The predicted molar refractivity (Wildman–Crippen MR) is 118 cm³/mol. The standard InChI is InChI=1S/C23H25N3O2S/c1-4-5-10-26-20(17-8-9-21-19(12-17)24-22(27)13-28-21)14-29-23(26)25-18-11-15(2)6-7-16(18)3/h6-9,11-12,14H,4-5,10,13H2,1-3H3,(H,24,27). The summed E-state index contributed by atoms with van der Waals surface area (Å²) in [5.74, 6) is 0.591. The lowest BCUT2D eigenvalue weighted by Gasteiger charge is -2.19. The van der Waals surface area contributed by atoms with Crippen molar-refractivity contribution in [3.63, 3.8) is 0 Å². The summed E-state index contributed by atoms with van der Waals surface area (Å²) in [4.78, 5) is 17.7. The number of aryl methyl sites for hydroxylation is 2. The van der Waals surface area contributed by atoms with Crippen molar-refractivity contribution in [3.05, 3.63) is 57.7 Å². The van der Waals surface area contributed by atoms with E-state index in [0.29, 0.717) is 5.75 Å². The first kappa shape index (κ1) is 19.5. The Morgan fingerprint density at radius 3 is 2.90 bits per heavy atom. The molecule has 1 aliphatic rings. The van der Waals surface area contributed by atoms with Gasteiger partial charge >= 0.3 is 0 Å². The molecule has 0 unspecified atom stereocenters. The molecule has 4 rings (SSSR count). The Labute approximate surface area is 174 Å². The number of carbonyl (C=O) groups excluding carboxylic acids is 1. The number of hydrogen-bond donors (Lipinski definition) is 1. The average Bonchev–Trinajstić information content (AvgIpc) is 3.11. The van der Waals surface area contributed by atoms with Crippen LogP contribution in [0, 0.1) is 13.8 Å². The fourth-order valence-corrected chi connectivity index (χ4v) is 4.32. The highest BCUT2D eigenvalue weighted by Gasteiger charge is 2.17. The number of fused-ring (bicyclic) bond motifs is 1. The van der Waals surface area contributed by atoms with Crippen LogP contribution in [0.25, 0.3) is 11.3 Å². The van der Waals surface area contributed by atoms with Gasteiger partial charge in [0.25, 0.3) is 5.91 Å². The summed E-state index contributed by atoms with van der Waals surface area (Å²) in [6, 6.07) is 12.3. The maximum Gasteiger partial charge on any atom is 0.262 e. The number of anilines is 1. The second-order valence-electron chi connectivity index (χ2n) is 7.36. The number of nitrogens with zero attached hydrogens (tertiary/aromatic N) is 2. The number of unbranched alkanes of at least 4 members (excludes halogenated alkanes) is 1. The third-order valence-corrected chi connectivity index (χ3v) is 5.89. The van der Waals surface area contributed by atoms with Crippen LogP contribution < -0.4 is 14.9 Å². The molecule has 0 aliphatic carbocycles. The number of amides is 1. The van der Waals surface area contributed by atoms with Crippen LogP contribution in [0.1, 0.15) is 30.9 Å². The van der Waals surface area contributed by atoms with Crippen molar-refractivity contribution in [2.45, 2.75) is 40.2 Å². The van der Waals surface area contributed by atoms with Crippen LogP contribution >= 0.6 is 11.3 Å². The van der Waals surface area contributed by atoms with Gasteiger partial charge in [-0.1, -0.05) is 25.5 Å². The summed E-state index contributed by atoms with van der Waals surface area (Å²) in [7, 11) is 0. The molecule has 0 spiro atoms. The molecular formula is C23H25N3O2S. The van der Waals surface area contributed by atoms with Crippen LogP contribution in [0.5, 0.6) is 5.75 Å². The summed E-state index contributed by atoms with van der Waals surface area (Å²) in [6.07, 6.45) is 2.19. The third-order valence-electron chi connectivity index (χ3n) is 5.02. The van der Waals surface area contributed by atoms with Gasteiger partial charge in [0.2, 0.25) is 0 Å². The van der Waals surface area contributed by atoms with E-state index in [2.05, 4.69) is 54.2 Å². The molecule has 1 aromatic heterocycles. The van der Waals surface area contributed by atoms with Crippen molar-refractivity contribution < 1.29 is 9.53 Å². The van der Waals surface area contributed by atoms with Gasteiger partial charge in [0.1, 0.15) is 5.75 Å². The van der Waals surface area contributed by atoms with Gasteiger partial charge in [-0.3, -0.25) is 4.79 Å². The summed E-state index contributed by atoms with van der Waals surface area (Å²) >= 11 is 1.65. The van der Waals surface area contributed by atoms with Crippen molar-refractivity contribution >= 4 is 28.6 Å². The Bertz CT molecular complexity index is 1130. The highest BCUT2D eigenvalue weighted by Crippen LogP contribution is 2.33. The monoisotopic (exact) mass is 407 g/mol. The van der Waals surface area contributed by atoms with Crippen molar-refractivity contribution in [3.8, 4) is 17.0 Å². The average molecular weight is 408 g/mol. The number of nitrogens with one attached hydrogen (secondary N) is 1. The fourth-order valence-electron chi connectivity index (χ4n) is 3.37. The fraction of sp³-hybridized carbons (Fsp3) is 0.304. The van der Waals surface area contributed by atoms with E-state index in [9.17, 15) is 4.79 Å². The maximum atomic E-state index is 11.7. The van der Waals surface area contributed by atoms with Crippen molar-refractivity contribution in [1.82, 2.24) is 4.57 Å². The lowest BCUT2D eigenvalue weighted by Crippen LogP contribution is -2.25. The van der Waals surface area contributed by atoms with Crippen LogP contribution in [0.2, 0.25) is 0 Å². The van der Waals surface area contributed by atoms with E-state index in [4.69, 9.17) is 9.73 Å². The predicted octanol–water partition coefficient (Wildman–Crippen LogP) is 5.20. The van der Waals surface area contributed by atoms with Crippen LogP contribution in [0.15, 0.2) is 46.8 Å². The van der Waals surface area contributed by atoms with E-state index in [1.165, 1.54) is 11.1 Å². The first-order chi connectivity index (χ1) is 14.0. The molecule has 0 saturated heterocycles. The normalized spacial score (nSPS) is 13.8. The van der Waals surface area contributed by atoms with Crippen LogP contribution in [-0.4, -0.2) is 17.1 Å². The minimum absolute atomic E-state index is 0.0696. The van der Waals surface area contributed by atoms with Crippen LogP contribution in [-0.2, 0) is 11.3 Å². The number of aromatic nitrogens is 1. The SMILES string of the molecule is CCCCn1c(-c2ccc3c(c2)NC(=O)CO3)csc1=Nc1cc(C)ccc1C.